The van der Waals surface area contributed by atoms with Gasteiger partial charge in [-0.25, -0.2) is 0 Å². The van der Waals surface area contributed by atoms with Crippen LogP contribution in [0.25, 0.3) is 10.9 Å². The second kappa shape index (κ2) is 6.79. The number of nitrogens with zero attached hydrogens (tertiary/aromatic N) is 1. The van der Waals surface area contributed by atoms with Crippen LogP contribution in [0.15, 0.2) is 53.1 Å². The van der Waals surface area contributed by atoms with E-state index in [2.05, 4.69) is 31.0 Å². The van der Waals surface area contributed by atoms with Crippen LogP contribution in [0.1, 0.15) is 0 Å². The molecule has 8 heteroatoms. The van der Waals surface area contributed by atoms with Gasteiger partial charge in [-0.1, -0.05) is 15.9 Å². The van der Waals surface area contributed by atoms with E-state index in [4.69, 9.17) is 4.74 Å². The van der Waals surface area contributed by atoms with Crippen molar-refractivity contribution in [1.29, 1.82) is 0 Å². The summed E-state index contributed by atoms with van der Waals surface area (Å²) in [6.45, 7) is 0. The molecule has 0 aliphatic carbocycles. The fourth-order valence-electron chi connectivity index (χ4n) is 2.34. The molecule has 0 amide bonds. The van der Waals surface area contributed by atoms with E-state index >= 15 is 0 Å². The van der Waals surface area contributed by atoms with Gasteiger partial charge in [-0.05, 0) is 36.4 Å². The van der Waals surface area contributed by atoms with Crippen molar-refractivity contribution in [3.63, 3.8) is 0 Å². The molecule has 0 atom stereocenters. The standard InChI is InChI=1S/C17H12BrF3N2O2/c1-24-13-7-10(18)6-11(8-13)23-16-4-5-22-15-3-2-12(9-14(15)16)25-17(19,20)21/h2-9H,1H3,(H,22,23). The Bertz CT molecular complexity index is 916. The quantitative estimate of drug-likeness (QED) is 0.601. The number of aromatic nitrogens is 1. The molecule has 1 N–H and O–H groups in total. The number of hydrogen-bond donors (Lipinski definition) is 1. The van der Waals surface area contributed by atoms with E-state index in [0.717, 1.165) is 4.47 Å². The van der Waals surface area contributed by atoms with Gasteiger partial charge in [0, 0.05) is 33.5 Å². The average Bonchev–Trinajstić information content (AvgIpc) is 2.53. The molecular weight excluding hydrogens is 401 g/mol. The van der Waals surface area contributed by atoms with Gasteiger partial charge < -0.3 is 14.8 Å². The van der Waals surface area contributed by atoms with Crippen LogP contribution in [0.3, 0.4) is 0 Å². The summed E-state index contributed by atoms with van der Waals surface area (Å²) in [7, 11) is 1.55. The smallest absolute Gasteiger partial charge is 0.497 e. The summed E-state index contributed by atoms with van der Waals surface area (Å²) in [5, 5.41) is 3.67. The number of alkyl halides is 3. The van der Waals surface area contributed by atoms with E-state index in [9.17, 15) is 13.2 Å². The maximum Gasteiger partial charge on any atom is 0.573 e. The van der Waals surface area contributed by atoms with Crippen molar-refractivity contribution >= 4 is 38.2 Å². The van der Waals surface area contributed by atoms with Crippen molar-refractivity contribution in [1.82, 2.24) is 4.98 Å². The zero-order valence-electron chi connectivity index (χ0n) is 12.9. The topological polar surface area (TPSA) is 43.4 Å². The highest BCUT2D eigenvalue weighted by atomic mass is 79.9. The van der Waals surface area contributed by atoms with Crippen molar-refractivity contribution in [2.24, 2.45) is 0 Å². The molecule has 0 fully saturated rings. The summed E-state index contributed by atoms with van der Waals surface area (Å²) in [6.07, 6.45) is -3.18. The number of ether oxygens (including phenoxy) is 2. The highest BCUT2D eigenvalue weighted by Crippen LogP contribution is 2.32. The van der Waals surface area contributed by atoms with Crippen LogP contribution < -0.4 is 14.8 Å². The summed E-state index contributed by atoms with van der Waals surface area (Å²) in [4.78, 5) is 4.16. The van der Waals surface area contributed by atoms with Crippen LogP contribution in [0, 0.1) is 0 Å². The summed E-state index contributed by atoms with van der Waals surface area (Å²) in [6, 6.07) is 11.1. The molecule has 0 aliphatic heterocycles. The molecule has 3 aromatic rings. The van der Waals surface area contributed by atoms with Gasteiger partial charge in [-0.3, -0.25) is 4.98 Å². The number of rotatable bonds is 4. The van der Waals surface area contributed by atoms with E-state index in [1.165, 1.54) is 18.2 Å². The molecule has 130 valence electrons. The summed E-state index contributed by atoms with van der Waals surface area (Å²) < 4.78 is 47.3. The molecule has 0 unspecified atom stereocenters. The third-order valence-electron chi connectivity index (χ3n) is 3.33. The highest BCUT2D eigenvalue weighted by Gasteiger charge is 2.31. The molecule has 0 spiro atoms. The first-order valence-corrected chi connectivity index (χ1v) is 7.89. The Labute approximate surface area is 149 Å². The number of hydrogen-bond acceptors (Lipinski definition) is 4. The van der Waals surface area contributed by atoms with Gasteiger partial charge in [0.2, 0.25) is 0 Å². The van der Waals surface area contributed by atoms with Crippen LogP contribution in [-0.4, -0.2) is 18.5 Å². The van der Waals surface area contributed by atoms with E-state index < -0.39 is 6.36 Å². The number of benzene rings is 2. The first kappa shape index (κ1) is 17.3. The van der Waals surface area contributed by atoms with Crippen molar-refractivity contribution in [3.8, 4) is 11.5 Å². The van der Waals surface area contributed by atoms with Crippen LogP contribution >= 0.6 is 15.9 Å². The van der Waals surface area contributed by atoms with Gasteiger partial charge in [0.1, 0.15) is 11.5 Å². The maximum absolute atomic E-state index is 12.4. The predicted octanol–water partition coefficient (Wildman–Crippen LogP) is 5.65. The molecule has 0 aliphatic rings. The van der Waals surface area contributed by atoms with Gasteiger partial charge in [0.15, 0.2) is 0 Å². The van der Waals surface area contributed by atoms with Crippen LogP contribution in [0.5, 0.6) is 11.5 Å². The summed E-state index contributed by atoms with van der Waals surface area (Å²) >= 11 is 3.38. The minimum absolute atomic E-state index is 0.303. The third kappa shape index (κ3) is 4.33. The lowest BCUT2D eigenvalue weighted by molar-refractivity contribution is -0.274. The van der Waals surface area contributed by atoms with E-state index in [0.29, 0.717) is 28.0 Å². The van der Waals surface area contributed by atoms with Crippen molar-refractivity contribution < 1.29 is 22.6 Å². The molecule has 3 rings (SSSR count). The van der Waals surface area contributed by atoms with Crippen molar-refractivity contribution in [2.45, 2.75) is 6.36 Å². The Kier molecular flexibility index (Phi) is 4.71. The van der Waals surface area contributed by atoms with E-state index in [1.54, 1.807) is 31.5 Å². The summed E-state index contributed by atoms with van der Waals surface area (Å²) in [5.74, 6) is 0.333. The molecule has 4 nitrogen and oxygen atoms in total. The number of methoxy groups -OCH3 is 1. The molecule has 0 saturated carbocycles. The fraction of sp³-hybridized carbons (Fsp3) is 0.118. The van der Waals surface area contributed by atoms with Crippen molar-refractivity contribution in [2.75, 3.05) is 12.4 Å². The van der Waals surface area contributed by atoms with E-state index in [-0.39, 0.29) is 5.75 Å². The van der Waals surface area contributed by atoms with Crippen LogP contribution in [0.4, 0.5) is 24.5 Å². The molecule has 1 aromatic heterocycles. The number of anilines is 2. The second-order valence-electron chi connectivity index (χ2n) is 5.09. The van der Waals surface area contributed by atoms with Gasteiger partial charge in [0.25, 0.3) is 0 Å². The number of fused-ring (bicyclic) bond motifs is 1. The monoisotopic (exact) mass is 412 g/mol. The lowest BCUT2D eigenvalue weighted by Gasteiger charge is -2.13. The molecule has 1 heterocycles. The minimum Gasteiger partial charge on any atom is -0.497 e. The number of pyridine rings is 1. The first-order chi connectivity index (χ1) is 11.8. The zero-order valence-corrected chi connectivity index (χ0v) is 14.5. The Morgan fingerprint density at radius 2 is 1.84 bits per heavy atom. The van der Waals surface area contributed by atoms with E-state index in [1.807, 2.05) is 6.07 Å². The molecule has 25 heavy (non-hydrogen) atoms. The number of halogens is 4. The van der Waals surface area contributed by atoms with Crippen LogP contribution in [-0.2, 0) is 0 Å². The normalized spacial score (nSPS) is 11.4. The largest absolute Gasteiger partial charge is 0.573 e. The highest BCUT2D eigenvalue weighted by molar-refractivity contribution is 9.10. The molecule has 0 saturated heterocycles. The third-order valence-corrected chi connectivity index (χ3v) is 3.79. The van der Waals surface area contributed by atoms with Gasteiger partial charge in [0.05, 0.1) is 12.6 Å². The minimum atomic E-state index is -4.75. The fourth-order valence-corrected chi connectivity index (χ4v) is 2.81. The van der Waals surface area contributed by atoms with Crippen LogP contribution in [0.2, 0.25) is 0 Å². The Morgan fingerprint density at radius 3 is 2.56 bits per heavy atom. The molecular formula is C17H12BrF3N2O2. The predicted molar refractivity (Wildman–Crippen MR) is 92.4 cm³/mol. The Morgan fingerprint density at radius 1 is 1.04 bits per heavy atom. The van der Waals surface area contributed by atoms with Gasteiger partial charge in [-0.2, -0.15) is 0 Å². The lowest BCUT2D eigenvalue weighted by Crippen LogP contribution is -2.17. The lowest BCUT2D eigenvalue weighted by atomic mass is 10.1. The zero-order chi connectivity index (χ0) is 18.0. The summed E-state index contributed by atoms with van der Waals surface area (Å²) in [5.41, 5.74) is 1.85. The average molecular weight is 413 g/mol. The second-order valence-corrected chi connectivity index (χ2v) is 6.01. The molecule has 0 radical (unpaired) electrons. The first-order valence-electron chi connectivity index (χ1n) is 7.10. The SMILES string of the molecule is COc1cc(Br)cc(Nc2ccnc3ccc(OC(F)(F)F)cc23)c1. The maximum atomic E-state index is 12.4. The number of nitrogens with one attached hydrogen (secondary N) is 1. The molecule has 2 aromatic carbocycles. The van der Waals surface area contributed by atoms with Gasteiger partial charge >= 0.3 is 6.36 Å². The Balaban J connectivity index is 2.01. The molecule has 0 bridgehead atoms. The Hall–Kier alpha value is -2.48. The van der Waals surface area contributed by atoms with Gasteiger partial charge in [-0.15, -0.1) is 13.2 Å². The van der Waals surface area contributed by atoms with Crippen molar-refractivity contribution in [3.05, 3.63) is 53.1 Å².